The Balaban J connectivity index is 1.72. The van der Waals surface area contributed by atoms with Crippen LogP contribution in [0.1, 0.15) is 54.9 Å². The zero-order valence-electron chi connectivity index (χ0n) is 14.3. The highest BCUT2D eigenvalue weighted by molar-refractivity contribution is 5.53. The number of hydrogen-bond acceptors (Lipinski definition) is 4. The highest BCUT2D eigenvalue weighted by Crippen LogP contribution is 2.25. The van der Waals surface area contributed by atoms with Crippen LogP contribution < -0.4 is 11.1 Å². The molecule has 0 fully saturated rings. The van der Waals surface area contributed by atoms with E-state index in [1.807, 2.05) is 6.07 Å². The maximum Gasteiger partial charge on any atom is 0.147 e. The fourth-order valence-electron chi connectivity index (χ4n) is 3.16. The smallest absolute Gasteiger partial charge is 0.147 e. The molecular formula is C20H26N4. The number of fused-ring (bicyclic) bond motifs is 1. The average molecular weight is 322 g/mol. The Morgan fingerprint density at radius 1 is 1.21 bits per heavy atom. The zero-order valence-corrected chi connectivity index (χ0v) is 14.3. The first-order valence-corrected chi connectivity index (χ1v) is 8.88. The van der Waals surface area contributed by atoms with Crippen LogP contribution >= 0.6 is 0 Å². The number of nitrogen functional groups attached to an aromatic ring is 1. The molecule has 1 heterocycles. The Kier molecular flexibility index (Phi) is 5.59. The molecular weight excluding hydrogens is 296 g/mol. The molecule has 1 unspecified atom stereocenters. The second-order valence-corrected chi connectivity index (χ2v) is 6.30. The predicted octanol–water partition coefficient (Wildman–Crippen LogP) is 3.69. The van der Waals surface area contributed by atoms with E-state index >= 15 is 0 Å². The number of hydrogen-bond donors (Lipinski definition) is 2. The minimum absolute atomic E-state index is 0.159. The quantitative estimate of drug-likeness (QED) is 0.816. The van der Waals surface area contributed by atoms with Crippen LogP contribution in [0.25, 0.3) is 6.08 Å². The molecule has 0 radical (unpaired) electrons. The van der Waals surface area contributed by atoms with Crippen LogP contribution in [-0.2, 0) is 12.8 Å². The van der Waals surface area contributed by atoms with Gasteiger partial charge in [0.25, 0.3) is 0 Å². The number of nitrogens with two attached hydrogens (primary N) is 1. The van der Waals surface area contributed by atoms with Gasteiger partial charge in [-0.15, -0.1) is 0 Å². The summed E-state index contributed by atoms with van der Waals surface area (Å²) in [4.78, 5) is 9.43. The number of nitrogens with zero attached hydrogens (tertiary/aromatic N) is 2. The molecule has 126 valence electrons. The van der Waals surface area contributed by atoms with Gasteiger partial charge in [-0.2, -0.15) is 0 Å². The molecule has 24 heavy (non-hydrogen) atoms. The number of nitrogens with one attached hydrogen (secondary N) is 1. The van der Waals surface area contributed by atoms with Crippen molar-refractivity contribution in [1.29, 1.82) is 0 Å². The summed E-state index contributed by atoms with van der Waals surface area (Å²) in [5, 5.41) is 3.63. The summed E-state index contributed by atoms with van der Waals surface area (Å²) in [5.41, 5.74) is 10.5. The molecule has 0 bridgehead atoms. The molecule has 2 aromatic rings. The highest BCUT2D eigenvalue weighted by Gasteiger charge is 2.19. The minimum atomic E-state index is 0.159. The maximum atomic E-state index is 6.22. The van der Waals surface area contributed by atoms with Gasteiger partial charge in [-0.05, 0) is 43.9 Å². The van der Waals surface area contributed by atoms with Crippen LogP contribution in [0, 0.1) is 0 Å². The molecule has 1 atom stereocenters. The monoisotopic (exact) mass is 322 g/mol. The van der Waals surface area contributed by atoms with Crippen LogP contribution in [0.2, 0.25) is 0 Å². The Morgan fingerprint density at radius 2 is 2.04 bits per heavy atom. The number of anilines is 1. The number of benzene rings is 1. The van der Waals surface area contributed by atoms with E-state index in [1.54, 1.807) is 0 Å². The van der Waals surface area contributed by atoms with E-state index in [0.29, 0.717) is 5.82 Å². The molecule has 3 N–H and O–H groups in total. The van der Waals surface area contributed by atoms with Gasteiger partial charge in [-0.1, -0.05) is 49.8 Å². The highest BCUT2D eigenvalue weighted by atomic mass is 15.0. The molecule has 4 nitrogen and oxygen atoms in total. The fourth-order valence-corrected chi connectivity index (χ4v) is 3.16. The third-order valence-electron chi connectivity index (χ3n) is 4.43. The van der Waals surface area contributed by atoms with Crippen molar-refractivity contribution < 1.29 is 0 Å². The lowest BCUT2D eigenvalue weighted by Crippen LogP contribution is -2.26. The maximum absolute atomic E-state index is 6.22. The summed E-state index contributed by atoms with van der Waals surface area (Å²) in [6.07, 6.45) is 9.28. The van der Waals surface area contributed by atoms with Gasteiger partial charge in [0, 0.05) is 0 Å². The van der Waals surface area contributed by atoms with Crippen LogP contribution in [-0.4, -0.2) is 16.5 Å². The van der Waals surface area contributed by atoms with Crippen LogP contribution in [0.3, 0.4) is 0 Å². The zero-order chi connectivity index (χ0) is 16.8. The molecule has 1 aromatic carbocycles. The largest absolute Gasteiger partial charge is 0.382 e. The Morgan fingerprint density at radius 3 is 2.83 bits per heavy atom. The Hall–Kier alpha value is -2.20. The summed E-state index contributed by atoms with van der Waals surface area (Å²) in [6, 6.07) is 10.7. The Bertz CT molecular complexity index is 694. The predicted molar refractivity (Wildman–Crippen MR) is 99.6 cm³/mol. The molecule has 0 saturated heterocycles. The van der Waals surface area contributed by atoms with E-state index < -0.39 is 0 Å². The van der Waals surface area contributed by atoms with Crippen molar-refractivity contribution >= 4 is 11.9 Å². The van der Waals surface area contributed by atoms with E-state index in [4.69, 9.17) is 10.7 Å². The number of allylic oxidation sites excluding steroid dienone is 1. The van der Waals surface area contributed by atoms with Crippen molar-refractivity contribution in [2.24, 2.45) is 0 Å². The summed E-state index contributed by atoms with van der Waals surface area (Å²) in [7, 11) is 0. The third kappa shape index (κ3) is 4.01. The van der Waals surface area contributed by atoms with E-state index in [1.165, 1.54) is 5.56 Å². The molecule has 0 amide bonds. The first-order chi connectivity index (χ1) is 11.8. The first-order valence-electron chi connectivity index (χ1n) is 8.88. The molecule has 1 aliphatic carbocycles. The lowest BCUT2D eigenvalue weighted by molar-refractivity contribution is 0.486. The third-order valence-corrected chi connectivity index (χ3v) is 4.43. The molecule has 0 saturated carbocycles. The van der Waals surface area contributed by atoms with E-state index in [2.05, 4.69) is 53.6 Å². The minimum Gasteiger partial charge on any atom is -0.382 e. The SMILES string of the molecule is CCCC(NCCc1ccccc1)c1nc2c(nc1N)CCC=C2. The lowest BCUT2D eigenvalue weighted by atomic mass is 10.0. The summed E-state index contributed by atoms with van der Waals surface area (Å²) in [5.74, 6) is 0.578. The Labute approximate surface area is 144 Å². The molecule has 3 rings (SSSR count). The van der Waals surface area contributed by atoms with Crippen molar-refractivity contribution in [3.8, 4) is 0 Å². The van der Waals surface area contributed by atoms with E-state index in [9.17, 15) is 0 Å². The van der Waals surface area contributed by atoms with Gasteiger partial charge in [0.1, 0.15) is 11.5 Å². The van der Waals surface area contributed by atoms with E-state index in [-0.39, 0.29) is 6.04 Å². The normalized spacial score (nSPS) is 14.4. The van der Waals surface area contributed by atoms with Crippen molar-refractivity contribution in [1.82, 2.24) is 15.3 Å². The summed E-state index contributed by atoms with van der Waals surface area (Å²) in [6.45, 7) is 3.09. The average Bonchev–Trinajstić information content (AvgIpc) is 2.61. The molecule has 4 heteroatoms. The molecule has 1 aliphatic rings. The first kappa shape index (κ1) is 16.7. The second-order valence-electron chi connectivity index (χ2n) is 6.30. The van der Waals surface area contributed by atoms with Crippen molar-refractivity contribution in [3.05, 3.63) is 59.1 Å². The van der Waals surface area contributed by atoms with Gasteiger partial charge in [0.15, 0.2) is 0 Å². The van der Waals surface area contributed by atoms with Crippen LogP contribution in [0.5, 0.6) is 0 Å². The lowest BCUT2D eigenvalue weighted by Gasteiger charge is -2.21. The summed E-state index contributed by atoms with van der Waals surface area (Å²) >= 11 is 0. The standard InChI is InChI=1S/C20H26N4/c1-2-8-18(22-14-13-15-9-4-3-5-10-15)19-20(21)24-17-12-7-6-11-16(17)23-19/h3-6,9-11,18,22H,2,7-8,12-14H2,1H3,(H2,21,24). The molecule has 1 aromatic heterocycles. The fraction of sp³-hybridized carbons (Fsp3) is 0.400. The van der Waals surface area contributed by atoms with Gasteiger partial charge in [-0.3, -0.25) is 0 Å². The van der Waals surface area contributed by atoms with Crippen LogP contribution in [0.4, 0.5) is 5.82 Å². The number of aromatic nitrogens is 2. The van der Waals surface area contributed by atoms with Crippen molar-refractivity contribution in [2.45, 2.75) is 45.1 Å². The van der Waals surface area contributed by atoms with Gasteiger partial charge in [0.2, 0.25) is 0 Å². The number of rotatable bonds is 7. The second kappa shape index (κ2) is 8.06. The van der Waals surface area contributed by atoms with Gasteiger partial charge in [0.05, 0.1) is 17.4 Å². The molecule has 0 aliphatic heterocycles. The van der Waals surface area contributed by atoms with Crippen LogP contribution in [0.15, 0.2) is 36.4 Å². The van der Waals surface area contributed by atoms with Gasteiger partial charge >= 0.3 is 0 Å². The van der Waals surface area contributed by atoms with Gasteiger partial charge < -0.3 is 11.1 Å². The van der Waals surface area contributed by atoms with Gasteiger partial charge in [-0.25, -0.2) is 9.97 Å². The van der Waals surface area contributed by atoms with Crippen molar-refractivity contribution in [3.63, 3.8) is 0 Å². The topological polar surface area (TPSA) is 63.8 Å². The molecule has 0 spiro atoms. The van der Waals surface area contributed by atoms with Crippen molar-refractivity contribution in [2.75, 3.05) is 12.3 Å². The number of aryl methyl sites for hydroxylation is 1. The summed E-state index contributed by atoms with van der Waals surface area (Å²) < 4.78 is 0. The van der Waals surface area contributed by atoms with E-state index in [0.717, 1.165) is 55.7 Å².